The van der Waals surface area contributed by atoms with Crippen molar-refractivity contribution in [2.24, 2.45) is 0 Å². The number of benzene rings is 3. The molecule has 230 valence electrons. The lowest BCUT2D eigenvalue weighted by Crippen LogP contribution is -2.33. The third-order valence-corrected chi connectivity index (χ3v) is 10.0. The molecule has 44 heavy (non-hydrogen) atoms. The lowest BCUT2D eigenvalue weighted by atomic mass is 10.1. The monoisotopic (exact) mass is 618 g/mol. The molecule has 0 atom stereocenters. The Balaban J connectivity index is 1.27. The summed E-state index contributed by atoms with van der Waals surface area (Å²) in [6, 6.07) is 19.1. The number of fused-ring (bicyclic) bond motifs is 1. The van der Waals surface area contributed by atoms with Crippen LogP contribution in [0.25, 0.3) is 10.8 Å². The largest absolute Gasteiger partial charge is 0.383 e. The molecule has 4 N–H and O–H groups in total. The van der Waals surface area contributed by atoms with E-state index in [1.165, 1.54) is 11.0 Å². The number of aromatic nitrogens is 1. The average molecular weight is 619 g/mol. The molecule has 1 saturated carbocycles. The Hall–Kier alpha value is -4.71. The lowest BCUT2D eigenvalue weighted by molar-refractivity contribution is -0.128. The molecule has 0 aliphatic heterocycles. The van der Waals surface area contributed by atoms with Gasteiger partial charge in [0.05, 0.1) is 22.9 Å². The van der Waals surface area contributed by atoms with Crippen LogP contribution in [0, 0.1) is 5.82 Å². The molecule has 3 amide bonds. The molecular formula is C32H35FN6O4S. The first-order valence-electron chi connectivity index (χ1n) is 14.3. The maximum atomic E-state index is 14.3. The van der Waals surface area contributed by atoms with E-state index in [0.29, 0.717) is 48.1 Å². The SMILES string of the molecule is CN(Cc1cc(NC(=O)N(C)CCc2ccccc2)ccc1S(=O)(=O)C1CC1)C(=O)CNc1ccc2c(N)ncc(F)c2c1. The van der Waals surface area contributed by atoms with E-state index in [1.54, 1.807) is 49.3 Å². The average Bonchev–Trinajstić information content (AvgIpc) is 3.88. The van der Waals surface area contributed by atoms with E-state index in [9.17, 15) is 22.4 Å². The summed E-state index contributed by atoms with van der Waals surface area (Å²) in [7, 11) is -0.309. The molecule has 0 unspecified atom stereocenters. The Morgan fingerprint density at radius 3 is 2.43 bits per heavy atom. The minimum absolute atomic E-state index is 0.00387. The molecule has 1 aromatic heterocycles. The van der Waals surface area contributed by atoms with Crippen molar-refractivity contribution in [2.45, 2.75) is 36.0 Å². The van der Waals surface area contributed by atoms with E-state index in [4.69, 9.17) is 5.73 Å². The van der Waals surface area contributed by atoms with Crippen LogP contribution in [0.15, 0.2) is 77.8 Å². The van der Waals surface area contributed by atoms with Crippen LogP contribution in [0.4, 0.5) is 26.4 Å². The number of amides is 3. The number of pyridine rings is 1. The predicted octanol–water partition coefficient (Wildman–Crippen LogP) is 4.67. The standard InChI is InChI=1S/C32H35FN6O4S/c1-38(15-14-21-6-4-3-5-7-21)32(41)37-24-9-13-29(44(42,43)25-10-11-25)22(16-24)20-39(2)30(40)19-35-23-8-12-26-27(17-23)28(33)18-36-31(26)34/h3-9,12-13,16-18,25,35H,10-11,14-15,19-20H2,1-2H3,(H2,34,36)(H,37,41). The normalized spacial score (nSPS) is 13.0. The maximum Gasteiger partial charge on any atom is 0.321 e. The van der Waals surface area contributed by atoms with Crippen molar-refractivity contribution >= 4 is 49.7 Å². The number of anilines is 3. The van der Waals surface area contributed by atoms with E-state index < -0.39 is 20.9 Å². The second kappa shape index (κ2) is 12.9. The first-order valence-corrected chi connectivity index (χ1v) is 15.8. The molecule has 1 fully saturated rings. The molecule has 0 saturated heterocycles. The van der Waals surface area contributed by atoms with Crippen molar-refractivity contribution < 1.29 is 22.4 Å². The van der Waals surface area contributed by atoms with Crippen molar-refractivity contribution in [1.82, 2.24) is 14.8 Å². The van der Waals surface area contributed by atoms with Crippen LogP contribution in [0.2, 0.25) is 0 Å². The van der Waals surface area contributed by atoms with Crippen LogP contribution in [0.3, 0.4) is 0 Å². The third kappa shape index (κ3) is 7.08. The lowest BCUT2D eigenvalue weighted by Gasteiger charge is -2.22. The second-order valence-electron chi connectivity index (χ2n) is 11.0. The number of hydrogen-bond donors (Lipinski definition) is 3. The number of nitrogens with zero attached hydrogens (tertiary/aromatic N) is 3. The number of halogens is 1. The molecule has 3 aromatic carbocycles. The minimum Gasteiger partial charge on any atom is -0.383 e. The minimum atomic E-state index is -3.58. The van der Waals surface area contributed by atoms with E-state index in [0.717, 1.165) is 11.8 Å². The van der Waals surface area contributed by atoms with Gasteiger partial charge in [0.15, 0.2) is 9.84 Å². The van der Waals surface area contributed by atoms with Crippen molar-refractivity contribution in [3.63, 3.8) is 0 Å². The van der Waals surface area contributed by atoms with Crippen molar-refractivity contribution in [3.05, 3.63) is 89.9 Å². The summed E-state index contributed by atoms with van der Waals surface area (Å²) >= 11 is 0. The molecule has 1 heterocycles. The summed E-state index contributed by atoms with van der Waals surface area (Å²) < 4.78 is 40.8. The Kier molecular flexibility index (Phi) is 9.00. The first kappa shape index (κ1) is 30.7. The number of carbonyl (C=O) groups is 2. The van der Waals surface area contributed by atoms with Gasteiger partial charge < -0.3 is 26.2 Å². The van der Waals surface area contributed by atoms with Gasteiger partial charge in [0.2, 0.25) is 5.91 Å². The third-order valence-electron chi connectivity index (χ3n) is 7.65. The molecule has 5 rings (SSSR count). The molecule has 1 aliphatic rings. The molecule has 10 nitrogen and oxygen atoms in total. The second-order valence-corrected chi connectivity index (χ2v) is 13.2. The summed E-state index contributed by atoms with van der Waals surface area (Å²) in [6.07, 6.45) is 2.93. The van der Waals surface area contributed by atoms with Crippen LogP contribution in [-0.2, 0) is 27.6 Å². The summed E-state index contributed by atoms with van der Waals surface area (Å²) in [4.78, 5) is 32.9. The molecule has 4 aromatic rings. The highest BCUT2D eigenvalue weighted by atomic mass is 32.2. The summed E-state index contributed by atoms with van der Waals surface area (Å²) in [5.41, 5.74) is 8.30. The summed E-state index contributed by atoms with van der Waals surface area (Å²) in [5, 5.41) is 6.15. The topological polar surface area (TPSA) is 138 Å². The predicted molar refractivity (Wildman–Crippen MR) is 170 cm³/mol. The Morgan fingerprint density at radius 2 is 1.70 bits per heavy atom. The molecular weight excluding hydrogens is 583 g/mol. The van der Waals surface area contributed by atoms with Gasteiger partial charge in [-0.3, -0.25) is 4.79 Å². The molecule has 12 heteroatoms. The first-order chi connectivity index (χ1) is 21.0. The van der Waals surface area contributed by atoms with Crippen LogP contribution in [-0.4, -0.2) is 67.6 Å². The summed E-state index contributed by atoms with van der Waals surface area (Å²) in [5.74, 6) is -0.636. The van der Waals surface area contributed by atoms with E-state index in [-0.39, 0.29) is 41.1 Å². The Labute approximate surface area is 256 Å². The molecule has 1 aliphatic carbocycles. The number of nitrogens with one attached hydrogen (secondary N) is 2. The van der Waals surface area contributed by atoms with Gasteiger partial charge in [-0.05, 0) is 66.8 Å². The van der Waals surface area contributed by atoms with Gasteiger partial charge in [-0.15, -0.1) is 0 Å². The van der Waals surface area contributed by atoms with Gasteiger partial charge in [-0.1, -0.05) is 30.3 Å². The van der Waals surface area contributed by atoms with Crippen LogP contribution in [0.1, 0.15) is 24.0 Å². The number of carbonyl (C=O) groups excluding carboxylic acids is 2. The number of sulfone groups is 1. The summed E-state index contributed by atoms with van der Waals surface area (Å²) in [6.45, 7) is 0.386. The zero-order valence-corrected chi connectivity index (χ0v) is 25.4. The number of nitrogen functional groups attached to an aromatic ring is 1. The number of nitrogens with two attached hydrogens (primary N) is 1. The molecule has 0 spiro atoms. The van der Waals surface area contributed by atoms with Crippen molar-refractivity contribution in [1.29, 1.82) is 0 Å². The quantitative estimate of drug-likeness (QED) is 0.222. The molecule has 0 bridgehead atoms. The number of hydrogen-bond acceptors (Lipinski definition) is 7. The van der Waals surface area contributed by atoms with Gasteiger partial charge in [0.25, 0.3) is 0 Å². The van der Waals surface area contributed by atoms with Gasteiger partial charge in [0.1, 0.15) is 11.6 Å². The van der Waals surface area contributed by atoms with E-state index in [1.807, 2.05) is 30.3 Å². The van der Waals surface area contributed by atoms with Crippen LogP contribution >= 0.6 is 0 Å². The fraction of sp³-hybridized carbons (Fsp3) is 0.281. The van der Waals surface area contributed by atoms with Gasteiger partial charge in [0, 0.05) is 49.3 Å². The molecule has 0 radical (unpaired) electrons. The van der Waals surface area contributed by atoms with Gasteiger partial charge in [-0.2, -0.15) is 0 Å². The van der Waals surface area contributed by atoms with Crippen LogP contribution in [0.5, 0.6) is 0 Å². The number of urea groups is 1. The van der Waals surface area contributed by atoms with Crippen molar-refractivity contribution in [2.75, 3.05) is 43.6 Å². The number of likely N-dealkylation sites (N-methyl/N-ethyl adjacent to an activating group) is 2. The Bertz CT molecular complexity index is 1800. The van der Waals surface area contributed by atoms with Gasteiger partial charge >= 0.3 is 6.03 Å². The van der Waals surface area contributed by atoms with Crippen LogP contribution < -0.4 is 16.4 Å². The van der Waals surface area contributed by atoms with Gasteiger partial charge in [-0.25, -0.2) is 22.6 Å². The fourth-order valence-corrected chi connectivity index (χ4v) is 6.74. The number of rotatable bonds is 11. The van der Waals surface area contributed by atoms with E-state index >= 15 is 0 Å². The van der Waals surface area contributed by atoms with Crippen molar-refractivity contribution in [3.8, 4) is 0 Å². The fourth-order valence-electron chi connectivity index (χ4n) is 4.87. The maximum absolute atomic E-state index is 14.3. The zero-order chi connectivity index (χ0) is 31.4. The highest BCUT2D eigenvalue weighted by molar-refractivity contribution is 7.92. The highest BCUT2D eigenvalue weighted by Crippen LogP contribution is 2.36. The smallest absolute Gasteiger partial charge is 0.321 e. The zero-order valence-electron chi connectivity index (χ0n) is 24.6. The highest BCUT2D eigenvalue weighted by Gasteiger charge is 2.38. The van der Waals surface area contributed by atoms with E-state index in [2.05, 4.69) is 15.6 Å². The Morgan fingerprint density at radius 1 is 0.977 bits per heavy atom.